The van der Waals surface area contributed by atoms with Crippen LogP contribution >= 0.6 is 11.3 Å². The summed E-state index contributed by atoms with van der Waals surface area (Å²) in [4.78, 5) is 14.2. The lowest BCUT2D eigenvalue weighted by atomic mass is 10.1. The van der Waals surface area contributed by atoms with Crippen LogP contribution in [-0.4, -0.2) is 12.9 Å². The SMILES string of the molecule is CCc1ccc(C(=O)/C=C/c2ccc(OC)c(COc3cccc(C(F)(F)F)c3)c2)s1. The minimum Gasteiger partial charge on any atom is -0.496 e. The van der Waals surface area contributed by atoms with Crippen LogP contribution in [0.15, 0.2) is 60.7 Å². The second-order valence-electron chi connectivity index (χ2n) is 6.70. The van der Waals surface area contributed by atoms with Gasteiger partial charge in [0.1, 0.15) is 18.1 Å². The van der Waals surface area contributed by atoms with Crippen molar-refractivity contribution in [3.63, 3.8) is 0 Å². The van der Waals surface area contributed by atoms with Gasteiger partial charge in [-0.1, -0.05) is 25.1 Å². The Morgan fingerprint density at radius 2 is 1.90 bits per heavy atom. The molecule has 1 aromatic heterocycles. The van der Waals surface area contributed by atoms with Crippen LogP contribution in [0.2, 0.25) is 0 Å². The Morgan fingerprint density at radius 1 is 1.10 bits per heavy atom. The highest BCUT2D eigenvalue weighted by molar-refractivity contribution is 7.14. The van der Waals surface area contributed by atoms with Crippen LogP contribution in [0.25, 0.3) is 6.08 Å². The molecule has 162 valence electrons. The van der Waals surface area contributed by atoms with Gasteiger partial charge in [0.25, 0.3) is 0 Å². The maximum Gasteiger partial charge on any atom is 0.416 e. The predicted molar refractivity (Wildman–Crippen MR) is 116 cm³/mol. The van der Waals surface area contributed by atoms with Gasteiger partial charge in [0, 0.05) is 10.4 Å². The molecule has 3 rings (SSSR count). The smallest absolute Gasteiger partial charge is 0.416 e. The van der Waals surface area contributed by atoms with Crippen LogP contribution in [0.3, 0.4) is 0 Å². The van der Waals surface area contributed by atoms with E-state index in [1.165, 1.54) is 36.7 Å². The summed E-state index contributed by atoms with van der Waals surface area (Å²) in [6.45, 7) is 2.06. The topological polar surface area (TPSA) is 35.5 Å². The number of aryl methyl sites for hydroxylation is 1. The number of hydrogen-bond acceptors (Lipinski definition) is 4. The summed E-state index contributed by atoms with van der Waals surface area (Å²) in [6, 6.07) is 13.8. The third-order valence-corrected chi connectivity index (χ3v) is 5.78. The fraction of sp³-hybridized carbons (Fsp3) is 0.208. The number of allylic oxidation sites excluding steroid dienone is 1. The number of ketones is 1. The molecule has 0 aliphatic carbocycles. The monoisotopic (exact) mass is 446 g/mol. The first-order valence-corrected chi connectivity index (χ1v) is 10.4. The summed E-state index contributed by atoms with van der Waals surface area (Å²) < 4.78 is 49.6. The van der Waals surface area contributed by atoms with Gasteiger partial charge in [-0.3, -0.25) is 4.79 Å². The third kappa shape index (κ3) is 5.98. The van der Waals surface area contributed by atoms with Crippen LogP contribution in [0.4, 0.5) is 13.2 Å². The van der Waals surface area contributed by atoms with Crippen LogP contribution in [0, 0.1) is 0 Å². The molecule has 0 atom stereocenters. The molecule has 0 N–H and O–H groups in total. The van der Waals surface area contributed by atoms with E-state index in [9.17, 15) is 18.0 Å². The molecule has 2 aromatic carbocycles. The van der Waals surface area contributed by atoms with E-state index in [0.717, 1.165) is 29.0 Å². The molecule has 1 heterocycles. The highest BCUT2D eigenvalue weighted by Crippen LogP contribution is 2.32. The lowest BCUT2D eigenvalue weighted by molar-refractivity contribution is -0.137. The Bertz CT molecular complexity index is 1080. The van der Waals surface area contributed by atoms with E-state index in [1.807, 2.05) is 19.1 Å². The molecular weight excluding hydrogens is 425 g/mol. The summed E-state index contributed by atoms with van der Waals surface area (Å²) in [5.74, 6) is 0.570. The average Bonchev–Trinajstić information content (AvgIpc) is 3.25. The molecule has 0 radical (unpaired) electrons. The van der Waals surface area contributed by atoms with E-state index in [-0.39, 0.29) is 18.1 Å². The van der Waals surface area contributed by atoms with Crippen molar-refractivity contribution in [1.82, 2.24) is 0 Å². The van der Waals surface area contributed by atoms with Gasteiger partial charge in [0.05, 0.1) is 17.6 Å². The quantitative estimate of drug-likeness (QED) is 0.282. The van der Waals surface area contributed by atoms with Crippen molar-refractivity contribution in [2.45, 2.75) is 26.1 Å². The first-order valence-electron chi connectivity index (χ1n) is 9.58. The number of rotatable bonds is 8. The van der Waals surface area contributed by atoms with Crippen molar-refractivity contribution < 1.29 is 27.4 Å². The highest BCUT2D eigenvalue weighted by atomic mass is 32.1. The maximum absolute atomic E-state index is 12.9. The van der Waals surface area contributed by atoms with Gasteiger partial charge >= 0.3 is 6.18 Å². The van der Waals surface area contributed by atoms with Crippen molar-refractivity contribution in [2.75, 3.05) is 7.11 Å². The summed E-state index contributed by atoms with van der Waals surface area (Å²) in [5, 5.41) is 0. The van der Waals surface area contributed by atoms with Crippen LogP contribution in [-0.2, 0) is 19.2 Å². The lowest BCUT2D eigenvalue weighted by Gasteiger charge is -2.13. The Kier molecular flexibility index (Phi) is 7.17. The molecule has 0 saturated carbocycles. The summed E-state index contributed by atoms with van der Waals surface area (Å²) >= 11 is 1.47. The van der Waals surface area contributed by atoms with Gasteiger partial charge in [-0.2, -0.15) is 13.2 Å². The number of hydrogen-bond donors (Lipinski definition) is 0. The second kappa shape index (κ2) is 9.83. The molecule has 0 bridgehead atoms. The molecule has 7 heteroatoms. The first kappa shape index (κ1) is 22.6. The predicted octanol–water partition coefficient (Wildman–Crippen LogP) is 6.81. The van der Waals surface area contributed by atoms with Crippen molar-refractivity contribution >= 4 is 23.2 Å². The van der Waals surface area contributed by atoms with Crippen LogP contribution in [0.5, 0.6) is 11.5 Å². The van der Waals surface area contributed by atoms with E-state index in [1.54, 1.807) is 24.3 Å². The van der Waals surface area contributed by atoms with Crippen molar-refractivity contribution in [3.05, 3.63) is 87.1 Å². The summed E-state index contributed by atoms with van der Waals surface area (Å²) in [6.07, 6.45) is -0.352. The molecule has 0 aliphatic rings. The number of carbonyl (C=O) groups is 1. The number of carbonyl (C=O) groups excluding carboxylic acids is 1. The molecule has 3 nitrogen and oxygen atoms in total. The zero-order chi connectivity index (χ0) is 22.4. The normalized spacial score (nSPS) is 11.6. The molecule has 0 fully saturated rings. The zero-order valence-electron chi connectivity index (χ0n) is 17.0. The molecule has 3 aromatic rings. The minimum absolute atomic E-state index is 0.0187. The Balaban J connectivity index is 1.74. The largest absolute Gasteiger partial charge is 0.496 e. The molecule has 0 amide bonds. The maximum atomic E-state index is 12.9. The zero-order valence-corrected chi connectivity index (χ0v) is 17.8. The van der Waals surface area contributed by atoms with Gasteiger partial charge in [-0.05, 0) is 60.5 Å². The molecule has 31 heavy (non-hydrogen) atoms. The molecule has 0 spiro atoms. The number of alkyl halides is 3. The number of methoxy groups -OCH3 is 1. The van der Waals surface area contributed by atoms with Gasteiger partial charge in [0.15, 0.2) is 5.78 Å². The molecule has 0 saturated heterocycles. The summed E-state index contributed by atoms with van der Waals surface area (Å²) in [7, 11) is 1.50. The average molecular weight is 446 g/mol. The van der Waals surface area contributed by atoms with Gasteiger partial charge in [0.2, 0.25) is 0 Å². The van der Waals surface area contributed by atoms with E-state index in [2.05, 4.69) is 0 Å². The minimum atomic E-state index is -4.44. The second-order valence-corrected chi connectivity index (χ2v) is 7.87. The van der Waals surface area contributed by atoms with E-state index < -0.39 is 11.7 Å². The summed E-state index contributed by atoms with van der Waals surface area (Å²) in [5.41, 5.74) is 0.634. The molecule has 0 aliphatic heterocycles. The fourth-order valence-electron chi connectivity index (χ4n) is 2.89. The Hall–Kier alpha value is -3.06. The van der Waals surface area contributed by atoms with Crippen molar-refractivity contribution in [3.8, 4) is 11.5 Å². The van der Waals surface area contributed by atoms with E-state index >= 15 is 0 Å². The number of benzene rings is 2. The van der Waals surface area contributed by atoms with E-state index in [4.69, 9.17) is 9.47 Å². The van der Waals surface area contributed by atoms with Gasteiger partial charge in [-0.25, -0.2) is 0 Å². The standard InChI is InChI=1S/C24H21F3O3S/c1-3-20-9-12-23(31-20)21(28)10-7-16-8-11-22(29-2)17(13-16)15-30-19-6-4-5-18(14-19)24(25,26)27/h4-14H,3,15H2,1-2H3/b10-7+. The van der Waals surface area contributed by atoms with E-state index in [0.29, 0.717) is 16.2 Å². The van der Waals surface area contributed by atoms with Crippen LogP contribution < -0.4 is 9.47 Å². The third-order valence-electron chi connectivity index (χ3n) is 4.54. The fourth-order valence-corrected chi connectivity index (χ4v) is 3.76. The van der Waals surface area contributed by atoms with Crippen molar-refractivity contribution in [1.29, 1.82) is 0 Å². The van der Waals surface area contributed by atoms with Crippen molar-refractivity contribution in [2.24, 2.45) is 0 Å². The Labute approximate surface area is 182 Å². The lowest BCUT2D eigenvalue weighted by Crippen LogP contribution is -2.05. The molecule has 0 unspecified atom stereocenters. The molecular formula is C24H21F3O3S. The number of ether oxygens (including phenoxy) is 2. The van der Waals surface area contributed by atoms with Gasteiger partial charge < -0.3 is 9.47 Å². The van der Waals surface area contributed by atoms with Gasteiger partial charge in [-0.15, -0.1) is 11.3 Å². The highest BCUT2D eigenvalue weighted by Gasteiger charge is 2.30. The number of thiophene rings is 1. The first-order chi connectivity index (χ1) is 14.8. The number of halogens is 3. The van der Waals surface area contributed by atoms with Crippen LogP contribution in [0.1, 0.15) is 38.2 Å². The Morgan fingerprint density at radius 3 is 2.58 bits per heavy atom.